The number of ether oxygens (including phenoxy) is 5. The van der Waals surface area contributed by atoms with E-state index in [1.807, 2.05) is 0 Å². The summed E-state index contributed by atoms with van der Waals surface area (Å²) in [6, 6.07) is 0. The first-order valence-electron chi connectivity index (χ1n) is 7.78. The van der Waals surface area contributed by atoms with Gasteiger partial charge in [-0.2, -0.15) is 0 Å². The van der Waals surface area contributed by atoms with Crippen LogP contribution in [0.15, 0.2) is 37.1 Å². The van der Waals surface area contributed by atoms with Gasteiger partial charge >= 0.3 is 17.9 Å². The van der Waals surface area contributed by atoms with E-state index in [1.165, 1.54) is 13.2 Å². The lowest BCUT2D eigenvalue weighted by Crippen LogP contribution is -2.19. The van der Waals surface area contributed by atoms with Crippen molar-refractivity contribution >= 4 is 17.9 Å². The van der Waals surface area contributed by atoms with Crippen LogP contribution < -0.4 is 0 Å². The molecule has 1 atom stereocenters. The molecule has 0 aliphatic rings. The molecule has 8 heteroatoms. The molecule has 0 aromatic heterocycles. The second-order valence-electron chi connectivity index (χ2n) is 4.92. The van der Waals surface area contributed by atoms with E-state index in [1.54, 1.807) is 20.8 Å². The van der Waals surface area contributed by atoms with Gasteiger partial charge in [0, 0.05) is 18.1 Å². The van der Waals surface area contributed by atoms with Crippen LogP contribution in [0, 0.1) is 0 Å². The van der Waals surface area contributed by atoms with Crippen molar-refractivity contribution in [2.45, 2.75) is 34.0 Å². The van der Waals surface area contributed by atoms with Crippen LogP contribution in [0.1, 0.15) is 27.7 Å². The zero-order chi connectivity index (χ0) is 20.5. The van der Waals surface area contributed by atoms with Crippen molar-refractivity contribution in [2.24, 2.45) is 0 Å². The first-order valence-corrected chi connectivity index (χ1v) is 7.78. The van der Waals surface area contributed by atoms with Crippen LogP contribution in [-0.4, -0.2) is 50.6 Å². The van der Waals surface area contributed by atoms with Crippen LogP contribution in [-0.2, 0) is 38.1 Å². The number of esters is 3. The second-order valence-corrected chi connectivity index (χ2v) is 4.92. The van der Waals surface area contributed by atoms with Gasteiger partial charge in [0.25, 0.3) is 0 Å². The molecule has 148 valence electrons. The predicted molar refractivity (Wildman–Crippen MR) is 94.9 cm³/mol. The maximum absolute atomic E-state index is 10.9. The smallest absolute Gasteiger partial charge is 0.333 e. The summed E-state index contributed by atoms with van der Waals surface area (Å²) in [7, 11) is 0. The van der Waals surface area contributed by atoms with Gasteiger partial charge in [-0.05, 0) is 20.8 Å². The van der Waals surface area contributed by atoms with Crippen molar-refractivity contribution < 1.29 is 38.1 Å². The summed E-state index contributed by atoms with van der Waals surface area (Å²) in [5, 5.41) is 0. The SMILES string of the molecule is C=C(C)C(=O)OCCOC(C)OC(C)=O.C=COCCOC(=O)C(=C)C. The number of rotatable bonds is 11. The van der Waals surface area contributed by atoms with E-state index in [2.05, 4.69) is 24.5 Å². The number of hydrogen-bond donors (Lipinski definition) is 0. The molecule has 0 aromatic carbocycles. The highest BCUT2D eigenvalue weighted by Gasteiger charge is 2.06. The summed E-state index contributed by atoms with van der Waals surface area (Å²) in [6.45, 7) is 17.1. The van der Waals surface area contributed by atoms with Gasteiger partial charge in [-0.1, -0.05) is 19.7 Å². The Morgan fingerprint density at radius 2 is 1.35 bits per heavy atom. The monoisotopic (exact) mass is 372 g/mol. The molecule has 0 amide bonds. The van der Waals surface area contributed by atoms with E-state index in [9.17, 15) is 14.4 Å². The minimum Gasteiger partial charge on any atom is -0.498 e. The van der Waals surface area contributed by atoms with E-state index >= 15 is 0 Å². The van der Waals surface area contributed by atoms with Gasteiger partial charge in [-0.25, -0.2) is 9.59 Å². The Morgan fingerprint density at radius 3 is 1.73 bits per heavy atom. The van der Waals surface area contributed by atoms with Crippen LogP contribution in [0.5, 0.6) is 0 Å². The number of carbonyl (C=O) groups is 3. The lowest BCUT2D eigenvalue weighted by molar-refractivity contribution is -0.175. The predicted octanol–water partition coefficient (Wildman–Crippen LogP) is 2.30. The number of hydrogen-bond acceptors (Lipinski definition) is 8. The van der Waals surface area contributed by atoms with Crippen molar-refractivity contribution in [3.05, 3.63) is 37.1 Å². The van der Waals surface area contributed by atoms with Crippen LogP contribution in [0.2, 0.25) is 0 Å². The van der Waals surface area contributed by atoms with E-state index in [4.69, 9.17) is 18.9 Å². The largest absolute Gasteiger partial charge is 0.498 e. The van der Waals surface area contributed by atoms with E-state index < -0.39 is 24.2 Å². The third-order valence-corrected chi connectivity index (χ3v) is 2.25. The first kappa shape index (κ1) is 25.6. The van der Waals surface area contributed by atoms with Gasteiger partial charge in [0.05, 0.1) is 12.9 Å². The van der Waals surface area contributed by atoms with Gasteiger partial charge in [-0.15, -0.1) is 0 Å². The summed E-state index contributed by atoms with van der Waals surface area (Å²) >= 11 is 0. The fraction of sp³-hybridized carbons (Fsp3) is 0.500. The lowest BCUT2D eigenvalue weighted by Gasteiger charge is -2.12. The highest BCUT2D eigenvalue weighted by Crippen LogP contribution is 1.96. The third-order valence-electron chi connectivity index (χ3n) is 2.25. The summed E-state index contributed by atoms with van der Waals surface area (Å²) < 4.78 is 23.9. The van der Waals surface area contributed by atoms with Crippen molar-refractivity contribution in [1.82, 2.24) is 0 Å². The average Bonchev–Trinajstić information content (AvgIpc) is 2.54. The highest BCUT2D eigenvalue weighted by atomic mass is 16.7. The van der Waals surface area contributed by atoms with Gasteiger partial charge in [0.15, 0.2) is 6.29 Å². The van der Waals surface area contributed by atoms with Crippen molar-refractivity contribution in [1.29, 1.82) is 0 Å². The number of carbonyl (C=O) groups excluding carboxylic acids is 3. The Bertz CT molecular complexity index is 495. The molecule has 0 aliphatic carbocycles. The fourth-order valence-electron chi connectivity index (χ4n) is 1.13. The molecular weight excluding hydrogens is 344 g/mol. The molecule has 0 aliphatic heterocycles. The molecule has 0 spiro atoms. The maximum Gasteiger partial charge on any atom is 0.333 e. The van der Waals surface area contributed by atoms with Crippen LogP contribution in [0.4, 0.5) is 0 Å². The minimum absolute atomic E-state index is 0.108. The standard InChI is InChI=1S/C10H16O5.C8H12O3/c1-7(2)10(12)14-6-5-13-9(4)15-8(3)11;1-4-10-5-6-11-8(9)7(2)3/h9H,1,5-6H2,2-4H3;4H,1-2,5-6H2,3H3. The molecule has 0 bridgehead atoms. The van der Waals surface area contributed by atoms with Crippen LogP contribution >= 0.6 is 0 Å². The molecular formula is C18H28O8. The Labute approximate surface area is 154 Å². The topological polar surface area (TPSA) is 97.4 Å². The zero-order valence-electron chi connectivity index (χ0n) is 15.9. The summed E-state index contributed by atoms with van der Waals surface area (Å²) in [4.78, 5) is 32.1. The van der Waals surface area contributed by atoms with Gasteiger partial charge < -0.3 is 23.7 Å². The summed E-state index contributed by atoms with van der Waals surface area (Å²) in [5.74, 6) is -1.27. The van der Waals surface area contributed by atoms with Crippen LogP contribution in [0.25, 0.3) is 0 Å². The fourth-order valence-corrected chi connectivity index (χ4v) is 1.13. The molecule has 0 fully saturated rings. The minimum atomic E-state index is -0.633. The Morgan fingerprint density at radius 1 is 0.885 bits per heavy atom. The van der Waals surface area contributed by atoms with Gasteiger partial charge in [0.2, 0.25) is 0 Å². The average molecular weight is 372 g/mol. The maximum atomic E-state index is 10.9. The molecule has 0 aromatic rings. The molecule has 0 rings (SSSR count). The molecule has 0 saturated carbocycles. The lowest BCUT2D eigenvalue weighted by atomic mass is 10.4. The summed E-state index contributed by atoms with van der Waals surface area (Å²) in [5.41, 5.74) is 0.728. The Balaban J connectivity index is 0. The molecule has 8 nitrogen and oxygen atoms in total. The molecule has 0 N–H and O–H groups in total. The highest BCUT2D eigenvalue weighted by molar-refractivity contribution is 5.87. The quantitative estimate of drug-likeness (QED) is 0.136. The van der Waals surface area contributed by atoms with E-state index in [0.29, 0.717) is 17.8 Å². The first-order chi connectivity index (χ1) is 12.1. The second kappa shape index (κ2) is 15.9. The van der Waals surface area contributed by atoms with Crippen molar-refractivity contribution in [3.63, 3.8) is 0 Å². The Hall–Kier alpha value is -2.61. The zero-order valence-corrected chi connectivity index (χ0v) is 15.9. The molecule has 0 radical (unpaired) electrons. The molecule has 0 saturated heterocycles. The van der Waals surface area contributed by atoms with Crippen molar-refractivity contribution in [3.8, 4) is 0 Å². The normalized spacial score (nSPS) is 10.3. The summed E-state index contributed by atoms with van der Waals surface area (Å²) in [6.07, 6.45) is 0.667. The van der Waals surface area contributed by atoms with Crippen molar-refractivity contribution in [2.75, 3.05) is 26.4 Å². The Kier molecular flexibility index (Phi) is 15.7. The molecule has 26 heavy (non-hydrogen) atoms. The van der Waals surface area contributed by atoms with E-state index in [0.717, 1.165) is 0 Å². The van der Waals surface area contributed by atoms with E-state index in [-0.39, 0.29) is 19.8 Å². The van der Waals surface area contributed by atoms with Crippen LogP contribution in [0.3, 0.4) is 0 Å². The van der Waals surface area contributed by atoms with Gasteiger partial charge in [0.1, 0.15) is 19.8 Å². The molecule has 1 unspecified atom stereocenters. The molecule has 0 heterocycles. The third kappa shape index (κ3) is 17.7. The van der Waals surface area contributed by atoms with Gasteiger partial charge in [-0.3, -0.25) is 4.79 Å².